The van der Waals surface area contributed by atoms with Gasteiger partial charge in [-0.3, -0.25) is 4.90 Å². The summed E-state index contributed by atoms with van der Waals surface area (Å²) in [4.78, 5) is 2.61. The number of alkyl halides is 1. The molecule has 2 fully saturated rings. The molecule has 2 nitrogen and oxygen atoms in total. The maximum atomic E-state index is 6.03. The van der Waals surface area contributed by atoms with Crippen molar-refractivity contribution in [2.75, 3.05) is 19.5 Å². The lowest BCUT2D eigenvalue weighted by Crippen LogP contribution is -2.48. The van der Waals surface area contributed by atoms with E-state index >= 15 is 0 Å². The van der Waals surface area contributed by atoms with E-state index in [1.54, 1.807) is 0 Å². The van der Waals surface area contributed by atoms with Crippen molar-refractivity contribution in [3.05, 3.63) is 0 Å². The number of hydrogen-bond acceptors (Lipinski definition) is 2. The Kier molecular flexibility index (Phi) is 4.30. The van der Waals surface area contributed by atoms with Crippen LogP contribution in [-0.4, -0.2) is 42.6 Å². The highest BCUT2D eigenvalue weighted by atomic mass is 35.5. The summed E-state index contributed by atoms with van der Waals surface area (Å²) < 4.78 is 5.62. The van der Waals surface area contributed by atoms with Crippen LogP contribution in [0.5, 0.6) is 0 Å². The fraction of sp³-hybridized carbons (Fsp3) is 1.00. The SMILES string of the molecule is COC1CCCCC1N1CCC[C@H]1CCl. The first-order chi connectivity index (χ1) is 7.36. The fourth-order valence-corrected chi connectivity index (χ4v) is 3.52. The Labute approximate surface area is 97.9 Å². The van der Waals surface area contributed by atoms with E-state index in [9.17, 15) is 0 Å². The fourth-order valence-electron chi connectivity index (χ4n) is 3.19. The molecule has 1 saturated carbocycles. The third-order valence-corrected chi connectivity index (χ3v) is 4.35. The summed E-state index contributed by atoms with van der Waals surface area (Å²) in [5, 5.41) is 0. The van der Waals surface area contributed by atoms with Gasteiger partial charge in [0.05, 0.1) is 6.10 Å². The lowest BCUT2D eigenvalue weighted by Gasteiger charge is -2.39. The van der Waals surface area contributed by atoms with E-state index in [4.69, 9.17) is 16.3 Å². The molecule has 0 aromatic rings. The van der Waals surface area contributed by atoms with Crippen LogP contribution in [0.25, 0.3) is 0 Å². The second-order valence-electron chi connectivity index (χ2n) is 4.81. The molecule has 0 spiro atoms. The molecule has 1 saturated heterocycles. The van der Waals surface area contributed by atoms with Gasteiger partial charge in [-0.1, -0.05) is 12.8 Å². The van der Waals surface area contributed by atoms with Crippen LogP contribution in [0.4, 0.5) is 0 Å². The molecule has 0 amide bonds. The molecule has 1 heterocycles. The van der Waals surface area contributed by atoms with Crippen LogP contribution >= 0.6 is 11.6 Å². The van der Waals surface area contributed by atoms with Crippen molar-refractivity contribution >= 4 is 11.6 Å². The number of halogens is 1. The lowest BCUT2D eigenvalue weighted by atomic mass is 9.91. The molecular weight excluding hydrogens is 210 g/mol. The molecule has 2 rings (SSSR count). The number of ether oxygens (including phenoxy) is 1. The van der Waals surface area contributed by atoms with E-state index < -0.39 is 0 Å². The molecule has 0 N–H and O–H groups in total. The van der Waals surface area contributed by atoms with Crippen LogP contribution in [0.1, 0.15) is 38.5 Å². The number of rotatable bonds is 3. The van der Waals surface area contributed by atoms with E-state index in [0.717, 1.165) is 5.88 Å². The van der Waals surface area contributed by atoms with Crippen molar-refractivity contribution in [1.82, 2.24) is 4.90 Å². The van der Waals surface area contributed by atoms with Gasteiger partial charge in [0.15, 0.2) is 0 Å². The minimum absolute atomic E-state index is 0.447. The Morgan fingerprint density at radius 3 is 2.73 bits per heavy atom. The smallest absolute Gasteiger partial charge is 0.0726 e. The van der Waals surface area contributed by atoms with Gasteiger partial charge in [-0.2, -0.15) is 0 Å². The van der Waals surface area contributed by atoms with Crippen molar-refractivity contribution in [2.24, 2.45) is 0 Å². The van der Waals surface area contributed by atoms with Gasteiger partial charge in [-0.05, 0) is 32.2 Å². The van der Waals surface area contributed by atoms with Crippen LogP contribution in [0.2, 0.25) is 0 Å². The summed E-state index contributed by atoms with van der Waals surface area (Å²) >= 11 is 6.03. The zero-order valence-corrected chi connectivity index (χ0v) is 10.4. The molecule has 1 aliphatic carbocycles. The van der Waals surface area contributed by atoms with E-state index in [1.165, 1.54) is 45.1 Å². The molecule has 0 aromatic heterocycles. The van der Waals surface area contributed by atoms with E-state index in [-0.39, 0.29) is 0 Å². The van der Waals surface area contributed by atoms with Gasteiger partial charge in [0.2, 0.25) is 0 Å². The highest BCUT2D eigenvalue weighted by molar-refractivity contribution is 6.18. The van der Waals surface area contributed by atoms with Gasteiger partial charge in [0, 0.05) is 25.1 Å². The number of nitrogens with zero attached hydrogens (tertiary/aromatic N) is 1. The summed E-state index contributed by atoms with van der Waals surface area (Å²) in [5.41, 5.74) is 0. The van der Waals surface area contributed by atoms with Crippen LogP contribution in [0.3, 0.4) is 0 Å². The molecule has 3 atom stereocenters. The summed E-state index contributed by atoms with van der Waals surface area (Å²) in [6.07, 6.45) is 8.24. The van der Waals surface area contributed by atoms with Crippen LogP contribution < -0.4 is 0 Å². The summed E-state index contributed by atoms with van der Waals surface area (Å²) in [5.74, 6) is 0.785. The van der Waals surface area contributed by atoms with Gasteiger partial charge in [-0.25, -0.2) is 0 Å². The minimum Gasteiger partial charge on any atom is -0.380 e. The Morgan fingerprint density at radius 1 is 1.20 bits per heavy atom. The topological polar surface area (TPSA) is 12.5 Å². The highest BCUT2D eigenvalue weighted by Gasteiger charge is 2.36. The molecule has 88 valence electrons. The number of hydrogen-bond donors (Lipinski definition) is 0. The highest BCUT2D eigenvalue weighted by Crippen LogP contribution is 2.31. The molecule has 2 unspecified atom stereocenters. The first-order valence-electron chi connectivity index (χ1n) is 6.21. The zero-order chi connectivity index (χ0) is 10.7. The molecular formula is C12H22ClNO. The predicted molar refractivity (Wildman–Crippen MR) is 63.5 cm³/mol. The van der Waals surface area contributed by atoms with Crippen molar-refractivity contribution in [1.29, 1.82) is 0 Å². The van der Waals surface area contributed by atoms with Crippen LogP contribution in [-0.2, 0) is 4.74 Å². The molecule has 15 heavy (non-hydrogen) atoms. The first kappa shape index (κ1) is 11.7. The minimum atomic E-state index is 0.447. The van der Waals surface area contributed by atoms with E-state index in [2.05, 4.69) is 4.90 Å². The second kappa shape index (κ2) is 5.51. The van der Waals surface area contributed by atoms with Crippen LogP contribution in [0, 0.1) is 0 Å². The van der Waals surface area contributed by atoms with Crippen molar-refractivity contribution < 1.29 is 4.74 Å². The Bertz CT molecular complexity index is 200. The summed E-state index contributed by atoms with van der Waals surface area (Å²) in [7, 11) is 1.86. The van der Waals surface area contributed by atoms with Gasteiger partial charge in [-0.15, -0.1) is 11.6 Å². The number of methoxy groups -OCH3 is 1. The largest absolute Gasteiger partial charge is 0.380 e. The molecule has 0 bridgehead atoms. The Morgan fingerprint density at radius 2 is 2.00 bits per heavy atom. The third kappa shape index (κ3) is 2.48. The average Bonchev–Trinajstić information content (AvgIpc) is 2.76. The normalized spacial score (nSPS) is 38.4. The predicted octanol–water partition coefficient (Wildman–Crippen LogP) is 2.65. The first-order valence-corrected chi connectivity index (χ1v) is 6.74. The van der Waals surface area contributed by atoms with Crippen molar-refractivity contribution in [3.63, 3.8) is 0 Å². The van der Waals surface area contributed by atoms with Gasteiger partial charge in [0.1, 0.15) is 0 Å². The molecule has 3 heteroatoms. The monoisotopic (exact) mass is 231 g/mol. The maximum Gasteiger partial charge on any atom is 0.0726 e. The summed E-state index contributed by atoms with van der Waals surface area (Å²) in [6.45, 7) is 1.22. The summed E-state index contributed by atoms with van der Waals surface area (Å²) in [6, 6.07) is 1.24. The quantitative estimate of drug-likeness (QED) is 0.693. The molecule has 2 aliphatic rings. The zero-order valence-electron chi connectivity index (χ0n) is 9.62. The van der Waals surface area contributed by atoms with Crippen LogP contribution in [0.15, 0.2) is 0 Å². The Balaban J connectivity index is 1.99. The molecule has 0 aromatic carbocycles. The average molecular weight is 232 g/mol. The molecule has 1 aliphatic heterocycles. The lowest BCUT2D eigenvalue weighted by molar-refractivity contribution is -0.0131. The van der Waals surface area contributed by atoms with Gasteiger partial charge < -0.3 is 4.74 Å². The van der Waals surface area contributed by atoms with Gasteiger partial charge in [0.25, 0.3) is 0 Å². The number of likely N-dealkylation sites (tertiary alicyclic amines) is 1. The second-order valence-corrected chi connectivity index (χ2v) is 5.12. The standard InChI is InChI=1S/C12H22ClNO/c1-15-12-7-3-2-6-11(12)14-8-4-5-10(14)9-13/h10-12H,2-9H2,1H3/t10-,11?,12?/m0/s1. The van der Waals surface area contributed by atoms with Gasteiger partial charge >= 0.3 is 0 Å². The van der Waals surface area contributed by atoms with Crippen molar-refractivity contribution in [2.45, 2.75) is 56.7 Å². The molecule has 0 radical (unpaired) electrons. The van der Waals surface area contributed by atoms with E-state index in [1.807, 2.05) is 7.11 Å². The van der Waals surface area contributed by atoms with E-state index in [0.29, 0.717) is 18.2 Å². The van der Waals surface area contributed by atoms with Crippen molar-refractivity contribution in [3.8, 4) is 0 Å². The third-order valence-electron chi connectivity index (χ3n) is 4.00. The Hall–Kier alpha value is 0.210. The maximum absolute atomic E-state index is 6.03.